The lowest BCUT2D eigenvalue weighted by molar-refractivity contribution is -0.114. The third-order valence-corrected chi connectivity index (χ3v) is 5.09. The predicted molar refractivity (Wildman–Crippen MR) is 117 cm³/mol. The maximum Gasteiger partial charge on any atom is 0.221 e. The van der Waals surface area contributed by atoms with Crippen molar-refractivity contribution in [3.8, 4) is 5.75 Å². The van der Waals surface area contributed by atoms with E-state index in [9.17, 15) is 4.79 Å². The molecule has 0 fully saturated rings. The molecule has 29 heavy (non-hydrogen) atoms. The summed E-state index contributed by atoms with van der Waals surface area (Å²) < 4.78 is 7.13. The number of anilines is 2. The summed E-state index contributed by atoms with van der Waals surface area (Å²) in [6.07, 6.45) is 0. The van der Waals surface area contributed by atoms with Gasteiger partial charge >= 0.3 is 0 Å². The summed E-state index contributed by atoms with van der Waals surface area (Å²) in [7, 11) is 1.56. The number of methoxy groups -OCH3 is 1. The van der Waals surface area contributed by atoms with Crippen molar-refractivity contribution in [1.82, 2.24) is 9.78 Å². The number of benzene rings is 2. The van der Waals surface area contributed by atoms with Gasteiger partial charge in [0.25, 0.3) is 0 Å². The third kappa shape index (κ3) is 5.22. The Bertz CT molecular complexity index is 1020. The smallest absolute Gasteiger partial charge is 0.221 e. The standard InChI is InChI=1S/C21H22Cl2N4O2/c1-13-18(21(23)27(26-13)12-15-4-6-16(22)7-5-15)11-24-17-8-9-19(25-14(2)28)20(10-17)29-3/h4-10,24H,11-12H2,1-3H3,(H,25,28). The van der Waals surface area contributed by atoms with E-state index in [1.54, 1.807) is 17.9 Å². The predicted octanol–water partition coefficient (Wildman–Crippen LogP) is 5.13. The van der Waals surface area contributed by atoms with Gasteiger partial charge in [-0.2, -0.15) is 5.10 Å². The lowest BCUT2D eigenvalue weighted by atomic mass is 10.2. The van der Waals surface area contributed by atoms with Crippen LogP contribution in [0.1, 0.15) is 23.7 Å². The molecule has 0 atom stereocenters. The maximum absolute atomic E-state index is 11.3. The van der Waals surface area contributed by atoms with Gasteiger partial charge in [-0.3, -0.25) is 4.79 Å². The first-order chi connectivity index (χ1) is 13.9. The maximum atomic E-state index is 11.3. The van der Waals surface area contributed by atoms with Gasteiger partial charge in [0.2, 0.25) is 5.91 Å². The SMILES string of the molecule is COc1cc(NCc2c(C)nn(Cc3ccc(Cl)cc3)c2Cl)ccc1NC(C)=O. The van der Waals surface area contributed by atoms with Crippen LogP contribution in [0.5, 0.6) is 5.75 Å². The van der Waals surface area contributed by atoms with Crippen LogP contribution in [0.15, 0.2) is 42.5 Å². The van der Waals surface area contributed by atoms with Crippen molar-refractivity contribution in [1.29, 1.82) is 0 Å². The number of aryl methyl sites for hydroxylation is 1. The summed E-state index contributed by atoms with van der Waals surface area (Å²) in [4.78, 5) is 11.3. The highest BCUT2D eigenvalue weighted by Gasteiger charge is 2.14. The first kappa shape index (κ1) is 21.0. The summed E-state index contributed by atoms with van der Waals surface area (Å²) >= 11 is 12.5. The van der Waals surface area contributed by atoms with Gasteiger partial charge in [0, 0.05) is 35.8 Å². The van der Waals surface area contributed by atoms with Crippen molar-refractivity contribution < 1.29 is 9.53 Å². The Balaban J connectivity index is 1.73. The molecule has 0 aliphatic rings. The van der Waals surface area contributed by atoms with Crippen LogP contribution < -0.4 is 15.4 Å². The summed E-state index contributed by atoms with van der Waals surface area (Å²) in [6, 6.07) is 13.1. The Morgan fingerprint density at radius 2 is 1.90 bits per heavy atom. The Morgan fingerprint density at radius 3 is 2.55 bits per heavy atom. The van der Waals surface area contributed by atoms with Gasteiger partial charge in [0.05, 0.1) is 25.0 Å². The van der Waals surface area contributed by atoms with Crippen LogP contribution in [0.4, 0.5) is 11.4 Å². The largest absolute Gasteiger partial charge is 0.494 e. The number of nitrogens with zero attached hydrogens (tertiary/aromatic N) is 2. The highest BCUT2D eigenvalue weighted by molar-refractivity contribution is 6.30. The van der Waals surface area contributed by atoms with Crippen molar-refractivity contribution in [2.75, 3.05) is 17.7 Å². The molecule has 0 bridgehead atoms. The van der Waals surface area contributed by atoms with Gasteiger partial charge < -0.3 is 15.4 Å². The average Bonchev–Trinajstić information content (AvgIpc) is 2.95. The molecular formula is C21H22Cl2N4O2. The Morgan fingerprint density at radius 1 is 1.17 bits per heavy atom. The fourth-order valence-corrected chi connectivity index (χ4v) is 3.37. The van der Waals surface area contributed by atoms with Crippen LogP contribution in [0.2, 0.25) is 10.2 Å². The number of amides is 1. The number of halogens is 2. The Labute approximate surface area is 179 Å². The van der Waals surface area contributed by atoms with E-state index in [4.69, 9.17) is 27.9 Å². The second-order valence-corrected chi connectivity index (χ2v) is 7.38. The summed E-state index contributed by atoms with van der Waals surface area (Å²) in [5, 5.41) is 11.9. The van der Waals surface area contributed by atoms with E-state index in [0.717, 1.165) is 22.5 Å². The molecule has 0 saturated heterocycles. The summed E-state index contributed by atoms with van der Waals surface area (Å²) in [5.41, 5.74) is 4.31. The first-order valence-electron chi connectivity index (χ1n) is 9.03. The topological polar surface area (TPSA) is 68.2 Å². The fraction of sp³-hybridized carbons (Fsp3) is 0.238. The van der Waals surface area contributed by atoms with E-state index in [2.05, 4.69) is 15.7 Å². The van der Waals surface area contributed by atoms with Crippen LogP contribution in [0.3, 0.4) is 0 Å². The molecule has 6 nitrogen and oxygen atoms in total. The van der Waals surface area contributed by atoms with Crippen LogP contribution in [-0.2, 0) is 17.9 Å². The van der Waals surface area contributed by atoms with Gasteiger partial charge in [-0.25, -0.2) is 4.68 Å². The number of rotatable bonds is 7. The second kappa shape index (κ2) is 9.20. The molecule has 0 aliphatic carbocycles. The number of ether oxygens (including phenoxy) is 1. The molecule has 3 rings (SSSR count). The van der Waals surface area contributed by atoms with Gasteiger partial charge in [0.15, 0.2) is 0 Å². The van der Waals surface area contributed by atoms with Crippen LogP contribution in [0, 0.1) is 6.92 Å². The third-order valence-electron chi connectivity index (χ3n) is 4.41. The molecule has 0 aliphatic heterocycles. The molecule has 0 spiro atoms. The number of aromatic nitrogens is 2. The Hall–Kier alpha value is -2.70. The lowest BCUT2D eigenvalue weighted by Crippen LogP contribution is -2.08. The van der Waals surface area contributed by atoms with Crippen LogP contribution >= 0.6 is 23.2 Å². The number of hydrogen-bond acceptors (Lipinski definition) is 4. The van der Waals surface area contributed by atoms with E-state index in [1.807, 2.05) is 43.3 Å². The molecule has 1 heterocycles. The summed E-state index contributed by atoms with van der Waals surface area (Å²) in [6.45, 7) is 4.46. The zero-order valence-electron chi connectivity index (χ0n) is 16.4. The number of hydrogen-bond donors (Lipinski definition) is 2. The molecule has 0 unspecified atom stereocenters. The van der Waals surface area contributed by atoms with E-state index in [-0.39, 0.29) is 5.91 Å². The molecular weight excluding hydrogens is 411 g/mol. The number of carbonyl (C=O) groups excluding carboxylic acids is 1. The fourth-order valence-electron chi connectivity index (χ4n) is 2.94. The molecule has 8 heteroatoms. The minimum absolute atomic E-state index is 0.153. The highest BCUT2D eigenvalue weighted by atomic mass is 35.5. The molecule has 3 aromatic rings. The van der Waals surface area contributed by atoms with Gasteiger partial charge in [-0.1, -0.05) is 35.3 Å². The van der Waals surface area contributed by atoms with Crippen molar-refractivity contribution in [2.24, 2.45) is 0 Å². The van der Waals surface area contributed by atoms with E-state index in [0.29, 0.717) is 34.7 Å². The van der Waals surface area contributed by atoms with Gasteiger partial charge in [-0.05, 0) is 36.8 Å². The molecule has 2 aromatic carbocycles. The minimum Gasteiger partial charge on any atom is -0.494 e. The molecule has 1 aromatic heterocycles. The van der Waals surface area contributed by atoms with Crippen molar-refractivity contribution in [3.05, 3.63) is 69.5 Å². The van der Waals surface area contributed by atoms with Crippen LogP contribution in [0.25, 0.3) is 0 Å². The van der Waals surface area contributed by atoms with Gasteiger partial charge in [-0.15, -0.1) is 0 Å². The normalized spacial score (nSPS) is 10.7. The van der Waals surface area contributed by atoms with E-state index < -0.39 is 0 Å². The van der Waals surface area contributed by atoms with Crippen LogP contribution in [-0.4, -0.2) is 22.8 Å². The number of carbonyl (C=O) groups is 1. The number of nitrogens with one attached hydrogen (secondary N) is 2. The van der Waals surface area contributed by atoms with Crippen molar-refractivity contribution >= 4 is 40.5 Å². The van der Waals surface area contributed by atoms with Gasteiger partial charge in [0.1, 0.15) is 10.9 Å². The minimum atomic E-state index is -0.153. The van der Waals surface area contributed by atoms with E-state index in [1.165, 1.54) is 6.92 Å². The quantitative estimate of drug-likeness (QED) is 0.543. The van der Waals surface area contributed by atoms with E-state index >= 15 is 0 Å². The lowest BCUT2D eigenvalue weighted by Gasteiger charge is -2.12. The Kier molecular flexibility index (Phi) is 6.67. The zero-order chi connectivity index (χ0) is 21.0. The molecule has 0 saturated carbocycles. The first-order valence-corrected chi connectivity index (χ1v) is 9.78. The molecule has 1 amide bonds. The summed E-state index contributed by atoms with van der Waals surface area (Å²) in [5.74, 6) is 0.422. The molecule has 152 valence electrons. The monoisotopic (exact) mass is 432 g/mol. The molecule has 0 radical (unpaired) electrons. The van der Waals surface area contributed by atoms with Crippen molar-refractivity contribution in [3.63, 3.8) is 0 Å². The average molecular weight is 433 g/mol. The zero-order valence-corrected chi connectivity index (χ0v) is 17.9. The highest BCUT2D eigenvalue weighted by Crippen LogP contribution is 2.29. The second-order valence-electron chi connectivity index (χ2n) is 6.59. The van der Waals surface area contributed by atoms with Crippen molar-refractivity contribution in [2.45, 2.75) is 26.9 Å². The molecule has 2 N–H and O–H groups in total.